The first-order chi connectivity index (χ1) is 34.3. The van der Waals surface area contributed by atoms with Gasteiger partial charge in [0.15, 0.2) is 53.0 Å². The average Bonchev–Trinajstić information content (AvgIpc) is 3.31. The van der Waals surface area contributed by atoms with E-state index in [1.165, 1.54) is 11.8 Å². The van der Waals surface area contributed by atoms with Crippen LogP contribution in [0.3, 0.4) is 0 Å². The van der Waals surface area contributed by atoms with E-state index >= 15 is 0 Å². The van der Waals surface area contributed by atoms with Crippen molar-refractivity contribution >= 4 is 83.0 Å². The molecule has 2 saturated heterocycles. The summed E-state index contributed by atoms with van der Waals surface area (Å²) in [5.74, 6) is -5.52. The van der Waals surface area contributed by atoms with Gasteiger partial charge in [0.2, 0.25) is 4.80 Å². The molecular formula is C49H55ClN4O17S2. The van der Waals surface area contributed by atoms with Crippen LogP contribution in [0, 0.1) is 6.92 Å². The van der Waals surface area contributed by atoms with Gasteiger partial charge in [0, 0.05) is 54.2 Å². The van der Waals surface area contributed by atoms with E-state index in [-0.39, 0.29) is 22.0 Å². The number of thioether (sulfide) groups is 1. The number of aryl methyl sites for hydroxylation is 1. The van der Waals surface area contributed by atoms with Crippen LogP contribution >= 0.6 is 35.5 Å². The number of rotatable bonds is 17. The number of para-hydroxylation sites is 1. The summed E-state index contributed by atoms with van der Waals surface area (Å²) in [7, 11) is 0. The molecule has 0 spiro atoms. The van der Waals surface area contributed by atoms with Gasteiger partial charge in [-0.2, -0.15) is 4.98 Å². The van der Waals surface area contributed by atoms with Crippen molar-refractivity contribution in [2.75, 3.05) is 13.2 Å². The Labute approximate surface area is 433 Å². The first kappa shape index (κ1) is 57.4. The summed E-state index contributed by atoms with van der Waals surface area (Å²) in [4.78, 5) is 104. The number of ether oxygens (including phenoxy) is 10. The number of benzene rings is 3. The summed E-state index contributed by atoms with van der Waals surface area (Å²) in [6.07, 6.45) is -16.4. The predicted octanol–water partition coefficient (Wildman–Crippen LogP) is 4.71. The van der Waals surface area contributed by atoms with Crippen molar-refractivity contribution in [1.29, 1.82) is 0 Å². The Morgan fingerprint density at radius 1 is 0.603 bits per heavy atom. The van der Waals surface area contributed by atoms with E-state index in [0.717, 1.165) is 70.9 Å². The molecule has 2 fully saturated rings. The molecule has 3 heterocycles. The molecule has 0 amide bonds. The van der Waals surface area contributed by atoms with Gasteiger partial charge >= 0.3 is 41.8 Å². The lowest BCUT2D eigenvalue weighted by Gasteiger charge is -2.48. The predicted molar refractivity (Wildman–Crippen MR) is 260 cm³/mol. The van der Waals surface area contributed by atoms with Crippen molar-refractivity contribution in [2.45, 2.75) is 128 Å². The van der Waals surface area contributed by atoms with Crippen LogP contribution in [0.1, 0.15) is 59.6 Å². The molecule has 1 aromatic heterocycles. The van der Waals surface area contributed by atoms with Crippen molar-refractivity contribution in [3.8, 4) is 5.69 Å². The van der Waals surface area contributed by atoms with Crippen LogP contribution in [-0.4, -0.2) is 126 Å². The summed E-state index contributed by atoms with van der Waals surface area (Å²) in [5, 5.41) is 0.451. The Bertz CT molecular complexity index is 2730. The molecule has 10 atom stereocenters. The van der Waals surface area contributed by atoms with E-state index < -0.39 is 116 Å². The fourth-order valence-corrected chi connectivity index (χ4v) is 9.51. The van der Waals surface area contributed by atoms with Crippen LogP contribution < -0.4 is 9.60 Å². The lowest BCUT2D eigenvalue weighted by Crippen LogP contribution is -2.67. The Morgan fingerprint density at radius 2 is 1.10 bits per heavy atom. The molecule has 392 valence electrons. The third-order valence-corrected chi connectivity index (χ3v) is 12.2. The first-order valence-electron chi connectivity index (χ1n) is 22.5. The van der Waals surface area contributed by atoms with Crippen LogP contribution in [0.4, 0.5) is 5.69 Å². The monoisotopic (exact) mass is 1070 g/mol. The SMILES string of the molecule is CC(=O)OC[C@H]1O[C@@H](O[C@H]2[C@H](OC(C)=O)[C@@H](OC(C)=O)[C@H](/N=c3\sc(=Nc4ccccc4)nc(SCc4ccccc4)n3-c3ccc(C)cc3)O[C@@H]2COC(C)=O)[C@H](OC(C)=O)[C@@H](OC(C)=O)[C@H]1OC(C)=O.Cl. The fraction of sp³-hybridized carbons (Fsp3) is 0.429. The molecule has 0 saturated carbocycles. The maximum absolute atomic E-state index is 13.2. The molecule has 21 nitrogen and oxygen atoms in total. The highest BCUT2D eigenvalue weighted by Crippen LogP contribution is 2.36. The normalized spacial score (nSPS) is 23.9. The van der Waals surface area contributed by atoms with Crippen LogP contribution in [0.25, 0.3) is 5.69 Å². The number of hydrogen-bond acceptors (Lipinski definition) is 22. The Balaban J connectivity index is 0.00000988. The zero-order valence-electron chi connectivity index (χ0n) is 40.9. The third-order valence-electron chi connectivity index (χ3n) is 10.4. The van der Waals surface area contributed by atoms with Crippen molar-refractivity contribution < 1.29 is 80.9 Å². The van der Waals surface area contributed by atoms with E-state index in [1.807, 2.05) is 79.7 Å². The number of hydrogen-bond donors (Lipinski definition) is 0. The zero-order valence-corrected chi connectivity index (χ0v) is 43.4. The molecule has 0 N–H and O–H groups in total. The van der Waals surface area contributed by atoms with Gasteiger partial charge in [-0.05, 0) is 36.8 Å². The van der Waals surface area contributed by atoms with Gasteiger partial charge in [-0.25, -0.2) is 9.98 Å². The summed E-state index contributed by atoms with van der Waals surface area (Å²) < 4.78 is 60.6. The van der Waals surface area contributed by atoms with Crippen molar-refractivity contribution in [3.63, 3.8) is 0 Å². The standard InChI is InChI=1S/C49H54N4O17S2.ClH/c1-26-19-21-36(22-20-26)53-48(71-25-34-15-11-9-12-16-34)52-47(50-35-17-13-10-14-18-35)72-49(53)51-45-43(66-32(7)59)41(64-30(5)57)40(37(68-45)23-61-27(2)54)70-46-44(67-33(8)60)42(65-31(6)58)39(63-29(4)56)38(69-46)24-62-28(3)55;/h9-22,37-46H,23-25H2,1-8H3;1H/b50-47?,51-49-;/t37-,38-,39+,40-,41+,42+,43-,44-,45-,46+;/m1./s1. The van der Waals surface area contributed by atoms with Gasteiger partial charge in [-0.15, -0.1) is 12.4 Å². The number of halogens is 1. The van der Waals surface area contributed by atoms with Gasteiger partial charge in [0.05, 0.1) is 11.4 Å². The van der Waals surface area contributed by atoms with Gasteiger partial charge < -0.3 is 47.4 Å². The highest BCUT2D eigenvalue weighted by atomic mass is 35.5. The minimum absolute atomic E-state index is 0. The molecule has 0 radical (unpaired) electrons. The maximum Gasteiger partial charge on any atom is 0.303 e. The van der Waals surface area contributed by atoms with Crippen molar-refractivity contribution in [2.24, 2.45) is 9.98 Å². The average molecular weight is 1070 g/mol. The molecule has 24 heteroatoms. The second-order valence-corrected chi connectivity index (χ2v) is 18.1. The molecule has 6 rings (SSSR count). The van der Waals surface area contributed by atoms with Crippen LogP contribution in [-0.2, 0) is 86.7 Å². The second-order valence-electron chi connectivity index (χ2n) is 16.3. The van der Waals surface area contributed by atoms with Gasteiger partial charge in [-0.1, -0.05) is 89.3 Å². The van der Waals surface area contributed by atoms with Crippen LogP contribution in [0.15, 0.2) is 100 Å². The maximum atomic E-state index is 13.2. The van der Waals surface area contributed by atoms with Gasteiger partial charge in [0.25, 0.3) is 0 Å². The van der Waals surface area contributed by atoms with E-state index in [9.17, 15) is 33.6 Å². The van der Waals surface area contributed by atoms with E-state index in [2.05, 4.69) is 0 Å². The molecule has 2 aliphatic rings. The van der Waals surface area contributed by atoms with Gasteiger partial charge in [-0.3, -0.25) is 38.1 Å². The lowest BCUT2D eigenvalue weighted by molar-refractivity contribution is -0.344. The highest BCUT2D eigenvalue weighted by Gasteiger charge is 2.57. The van der Waals surface area contributed by atoms with E-state index in [1.54, 1.807) is 16.7 Å². The summed E-state index contributed by atoms with van der Waals surface area (Å²) >= 11 is 2.46. The highest BCUT2D eigenvalue weighted by molar-refractivity contribution is 7.98. The number of esters is 7. The Morgan fingerprint density at radius 3 is 1.64 bits per heavy atom. The smallest absolute Gasteiger partial charge is 0.303 e. The Kier molecular flexibility index (Phi) is 21.2. The largest absolute Gasteiger partial charge is 0.463 e. The minimum atomic E-state index is -1.86. The van der Waals surface area contributed by atoms with Crippen LogP contribution in [0.2, 0.25) is 0 Å². The molecule has 0 unspecified atom stereocenters. The molecule has 0 aliphatic carbocycles. The number of carbonyl (C=O) groups is 7. The third kappa shape index (κ3) is 16.5. The molecule has 73 heavy (non-hydrogen) atoms. The summed E-state index contributed by atoms with van der Waals surface area (Å²) in [6, 6.07) is 26.4. The topological polar surface area (TPSA) is 254 Å². The first-order valence-corrected chi connectivity index (χ1v) is 24.3. The number of aromatic nitrogens is 2. The summed E-state index contributed by atoms with van der Waals surface area (Å²) in [6.45, 7) is 8.33. The Hall–Kier alpha value is -6.50. The molecular weight excluding hydrogens is 1020 g/mol. The minimum Gasteiger partial charge on any atom is -0.463 e. The fourth-order valence-electron chi connectivity index (χ4n) is 7.54. The molecule has 0 bridgehead atoms. The lowest BCUT2D eigenvalue weighted by atomic mass is 9.95. The molecule has 2 aliphatic heterocycles. The second kappa shape index (κ2) is 27.0. The number of carbonyl (C=O) groups excluding carboxylic acids is 7. The van der Waals surface area contributed by atoms with Gasteiger partial charge in [0.1, 0.15) is 31.5 Å². The summed E-state index contributed by atoms with van der Waals surface area (Å²) in [5.41, 5.74) is 3.18. The van der Waals surface area contributed by atoms with E-state index in [4.69, 9.17) is 62.3 Å². The van der Waals surface area contributed by atoms with Crippen LogP contribution in [0.5, 0.6) is 0 Å². The van der Waals surface area contributed by atoms with Crippen molar-refractivity contribution in [1.82, 2.24) is 9.55 Å². The van der Waals surface area contributed by atoms with E-state index in [0.29, 0.717) is 22.3 Å². The number of nitrogens with zero attached hydrogens (tertiary/aromatic N) is 4. The van der Waals surface area contributed by atoms with Crippen molar-refractivity contribution in [3.05, 3.63) is 106 Å². The molecule has 4 aromatic rings. The molecule has 3 aromatic carbocycles. The quantitative estimate of drug-likeness (QED) is 0.0788. The zero-order chi connectivity index (χ0) is 52.1.